The molecular formula is C26H42O4. The van der Waals surface area contributed by atoms with E-state index in [9.17, 15) is 14.7 Å². The van der Waals surface area contributed by atoms with Crippen molar-refractivity contribution in [3.8, 4) is 0 Å². The van der Waals surface area contributed by atoms with Gasteiger partial charge in [-0.1, -0.05) is 97.1 Å². The number of rotatable bonds is 17. The lowest BCUT2D eigenvalue weighted by molar-refractivity contribution is 0.0245. The number of unbranched alkanes of at least 4 members (excludes halogenated alkanes) is 8. The Labute approximate surface area is 183 Å². The summed E-state index contributed by atoms with van der Waals surface area (Å²) in [6.45, 7) is 6.70. The summed E-state index contributed by atoms with van der Waals surface area (Å²) in [5.74, 6) is -0.801. The van der Waals surface area contributed by atoms with Crippen LogP contribution in [0.15, 0.2) is 24.3 Å². The number of hydrogen-bond donors (Lipinski definition) is 1. The summed E-state index contributed by atoms with van der Waals surface area (Å²) in [5, 5.41) is 9.30. The highest BCUT2D eigenvalue weighted by molar-refractivity contribution is 6.02. The SMILES string of the molecule is CCCCC(CCCCCCCCCCC(C)C)OC(=O)c1ccccc1C(=O)O. The molecule has 1 rings (SSSR count). The Morgan fingerprint density at radius 2 is 1.30 bits per heavy atom. The van der Waals surface area contributed by atoms with E-state index in [0.29, 0.717) is 0 Å². The van der Waals surface area contributed by atoms with Gasteiger partial charge in [-0.25, -0.2) is 9.59 Å². The van der Waals surface area contributed by atoms with Crippen LogP contribution in [-0.4, -0.2) is 23.1 Å². The summed E-state index contributed by atoms with van der Waals surface area (Å²) in [4.78, 5) is 23.9. The predicted octanol–water partition coefficient (Wildman–Crippen LogP) is 7.66. The van der Waals surface area contributed by atoms with Crippen molar-refractivity contribution in [3.05, 3.63) is 35.4 Å². The molecule has 1 aromatic carbocycles. The highest BCUT2D eigenvalue weighted by Crippen LogP contribution is 2.19. The van der Waals surface area contributed by atoms with Crippen molar-refractivity contribution in [1.82, 2.24) is 0 Å². The fraction of sp³-hybridized carbons (Fsp3) is 0.692. The van der Waals surface area contributed by atoms with Crippen LogP contribution in [0.4, 0.5) is 0 Å². The van der Waals surface area contributed by atoms with Crippen molar-refractivity contribution in [2.75, 3.05) is 0 Å². The summed E-state index contributed by atoms with van der Waals surface area (Å²) < 4.78 is 5.72. The summed E-state index contributed by atoms with van der Waals surface area (Å²) in [7, 11) is 0. The maximum Gasteiger partial charge on any atom is 0.339 e. The van der Waals surface area contributed by atoms with E-state index in [0.717, 1.165) is 44.4 Å². The van der Waals surface area contributed by atoms with Gasteiger partial charge in [-0.05, 0) is 37.3 Å². The van der Waals surface area contributed by atoms with E-state index in [1.807, 2.05) is 0 Å². The molecule has 4 heteroatoms. The molecule has 0 heterocycles. The fourth-order valence-electron chi connectivity index (χ4n) is 3.74. The minimum atomic E-state index is -1.10. The molecule has 1 N–H and O–H groups in total. The van der Waals surface area contributed by atoms with Gasteiger partial charge in [-0.2, -0.15) is 0 Å². The van der Waals surface area contributed by atoms with Gasteiger partial charge in [0, 0.05) is 0 Å². The molecule has 0 bridgehead atoms. The second kappa shape index (κ2) is 15.9. The number of esters is 1. The lowest BCUT2D eigenvalue weighted by Gasteiger charge is -2.18. The standard InChI is InChI=1S/C26H42O4/c1-4-5-17-22(18-13-11-9-7-6-8-10-12-16-21(2)3)30-26(29)24-20-15-14-19-23(24)25(27)28/h14-15,19-22H,4-13,16-18H2,1-3H3,(H,27,28). The van der Waals surface area contributed by atoms with Gasteiger partial charge in [0.1, 0.15) is 6.10 Å². The molecule has 1 atom stereocenters. The van der Waals surface area contributed by atoms with E-state index < -0.39 is 11.9 Å². The van der Waals surface area contributed by atoms with Crippen LogP contribution in [0.3, 0.4) is 0 Å². The molecule has 1 unspecified atom stereocenters. The predicted molar refractivity (Wildman–Crippen MR) is 123 cm³/mol. The van der Waals surface area contributed by atoms with E-state index >= 15 is 0 Å². The molecule has 0 amide bonds. The number of carboxylic acids is 1. The minimum absolute atomic E-state index is 0.00476. The van der Waals surface area contributed by atoms with Crippen molar-refractivity contribution in [3.63, 3.8) is 0 Å². The molecule has 1 aromatic rings. The molecule has 0 aliphatic heterocycles. The molecule has 30 heavy (non-hydrogen) atoms. The monoisotopic (exact) mass is 418 g/mol. The summed E-state index contributed by atoms with van der Waals surface area (Å²) >= 11 is 0. The molecule has 0 radical (unpaired) electrons. The van der Waals surface area contributed by atoms with Crippen molar-refractivity contribution in [2.45, 2.75) is 110 Å². The third-order valence-corrected chi connectivity index (χ3v) is 5.59. The molecule has 170 valence electrons. The van der Waals surface area contributed by atoms with Crippen LogP contribution >= 0.6 is 0 Å². The fourth-order valence-corrected chi connectivity index (χ4v) is 3.74. The van der Waals surface area contributed by atoms with Gasteiger partial charge >= 0.3 is 11.9 Å². The van der Waals surface area contributed by atoms with Gasteiger partial charge in [0.15, 0.2) is 0 Å². The zero-order valence-electron chi connectivity index (χ0n) is 19.3. The molecule has 0 aliphatic carbocycles. The molecule has 0 fully saturated rings. The van der Waals surface area contributed by atoms with Crippen LogP contribution in [0.1, 0.15) is 125 Å². The zero-order chi connectivity index (χ0) is 22.2. The molecule has 0 spiro atoms. The second-order valence-corrected chi connectivity index (χ2v) is 8.82. The molecule has 0 saturated heterocycles. The van der Waals surface area contributed by atoms with Crippen molar-refractivity contribution in [2.24, 2.45) is 5.92 Å². The quantitative estimate of drug-likeness (QED) is 0.208. The van der Waals surface area contributed by atoms with E-state index in [1.54, 1.807) is 12.1 Å². The Kier molecular flexibility index (Phi) is 13.9. The summed E-state index contributed by atoms with van der Waals surface area (Å²) in [6, 6.07) is 6.28. The maximum atomic E-state index is 12.6. The molecule has 4 nitrogen and oxygen atoms in total. The normalized spacial score (nSPS) is 12.1. The Balaban J connectivity index is 2.34. The van der Waals surface area contributed by atoms with Gasteiger partial charge in [0.25, 0.3) is 0 Å². The van der Waals surface area contributed by atoms with Crippen LogP contribution in [0.2, 0.25) is 0 Å². The van der Waals surface area contributed by atoms with E-state index in [1.165, 1.54) is 57.1 Å². The van der Waals surface area contributed by atoms with Crippen molar-refractivity contribution in [1.29, 1.82) is 0 Å². The Morgan fingerprint density at radius 1 is 0.800 bits per heavy atom. The highest BCUT2D eigenvalue weighted by Gasteiger charge is 2.20. The van der Waals surface area contributed by atoms with Gasteiger partial charge in [0.05, 0.1) is 11.1 Å². The third-order valence-electron chi connectivity index (χ3n) is 5.59. The largest absolute Gasteiger partial charge is 0.478 e. The topological polar surface area (TPSA) is 63.6 Å². The second-order valence-electron chi connectivity index (χ2n) is 8.82. The molecule has 0 saturated carbocycles. The summed E-state index contributed by atoms with van der Waals surface area (Å²) in [6.07, 6.45) is 15.1. The first-order valence-corrected chi connectivity index (χ1v) is 12.0. The summed E-state index contributed by atoms with van der Waals surface area (Å²) in [5.41, 5.74) is 0.147. The maximum absolute atomic E-state index is 12.6. The first kappa shape index (κ1) is 26.2. The van der Waals surface area contributed by atoms with Gasteiger partial charge in [0.2, 0.25) is 0 Å². The highest BCUT2D eigenvalue weighted by atomic mass is 16.5. The Morgan fingerprint density at radius 3 is 1.83 bits per heavy atom. The number of aromatic carboxylic acids is 1. The number of carbonyl (C=O) groups is 2. The number of carbonyl (C=O) groups excluding carboxylic acids is 1. The lowest BCUT2D eigenvalue weighted by Crippen LogP contribution is -2.20. The average Bonchev–Trinajstić information content (AvgIpc) is 2.72. The van der Waals surface area contributed by atoms with Crippen molar-refractivity contribution < 1.29 is 19.4 Å². The number of carboxylic acid groups (broad SMARTS) is 1. The Hall–Kier alpha value is -1.84. The van der Waals surface area contributed by atoms with E-state index in [4.69, 9.17) is 4.74 Å². The first-order valence-electron chi connectivity index (χ1n) is 12.0. The first-order chi connectivity index (χ1) is 14.5. The third kappa shape index (κ3) is 11.4. The minimum Gasteiger partial charge on any atom is -0.478 e. The number of hydrogen-bond acceptors (Lipinski definition) is 3. The van der Waals surface area contributed by atoms with Gasteiger partial charge in [-0.15, -0.1) is 0 Å². The molecule has 0 aliphatic rings. The smallest absolute Gasteiger partial charge is 0.339 e. The lowest BCUT2D eigenvalue weighted by atomic mass is 10.0. The van der Waals surface area contributed by atoms with Crippen LogP contribution < -0.4 is 0 Å². The Bertz CT molecular complexity index is 609. The van der Waals surface area contributed by atoms with E-state index in [2.05, 4.69) is 20.8 Å². The van der Waals surface area contributed by atoms with Crippen LogP contribution in [0.25, 0.3) is 0 Å². The van der Waals surface area contributed by atoms with Crippen LogP contribution in [0.5, 0.6) is 0 Å². The van der Waals surface area contributed by atoms with Crippen molar-refractivity contribution >= 4 is 11.9 Å². The van der Waals surface area contributed by atoms with E-state index in [-0.39, 0.29) is 17.2 Å². The molecular weight excluding hydrogens is 376 g/mol. The van der Waals surface area contributed by atoms with Gasteiger partial charge < -0.3 is 9.84 Å². The van der Waals surface area contributed by atoms with Crippen LogP contribution in [0, 0.1) is 5.92 Å². The van der Waals surface area contributed by atoms with Crippen LogP contribution in [-0.2, 0) is 4.74 Å². The average molecular weight is 419 g/mol. The number of benzene rings is 1. The zero-order valence-corrected chi connectivity index (χ0v) is 19.3. The number of ether oxygens (including phenoxy) is 1. The molecule has 0 aromatic heterocycles. The van der Waals surface area contributed by atoms with Gasteiger partial charge in [-0.3, -0.25) is 0 Å².